The van der Waals surface area contributed by atoms with Crippen molar-refractivity contribution in [3.8, 4) is 6.07 Å². The molecule has 1 N–H and O–H groups in total. The van der Waals surface area contributed by atoms with Crippen LogP contribution in [0.25, 0.3) is 0 Å². The molecule has 3 rings (SSSR count). The van der Waals surface area contributed by atoms with Gasteiger partial charge in [0, 0.05) is 18.8 Å². The summed E-state index contributed by atoms with van der Waals surface area (Å²) in [7, 11) is 0. The Hall–Kier alpha value is -2.36. The van der Waals surface area contributed by atoms with Gasteiger partial charge < -0.3 is 5.32 Å². The first kappa shape index (κ1) is 15.5. The molecule has 0 aliphatic heterocycles. The lowest BCUT2D eigenvalue weighted by Gasteiger charge is -2.18. The van der Waals surface area contributed by atoms with E-state index in [1.807, 2.05) is 0 Å². The highest BCUT2D eigenvalue weighted by Gasteiger charge is 2.42. The number of aryl methyl sites for hydroxylation is 1. The zero-order chi connectivity index (χ0) is 16.6. The van der Waals surface area contributed by atoms with Crippen LogP contribution >= 0.6 is 0 Å². The zero-order valence-corrected chi connectivity index (χ0v) is 13.1. The average molecular weight is 316 g/mol. The first-order valence-electron chi connectivity index (χ1n) is 8.09. The van der Waals surface area contributed by atoms with Gasteiger partial charge in [0.15, 0.2) is 0 Å². The highest BCUT2D eigenvalue weighted by molar-refractivity contribution is 5.76. The van der Waals surface area contributed by atoms with Crippen LogP contribution in [0.3, 0.4) is 0 Å². The maximum Gasteiger partial charge on any atom is 0.331 e. The molecule has 7 heteroatoms. The SMILES string of the molecule is CCn1cc(C#N)c(=O)n(CC(=O)NC(C2CC2)C2CC2)c1=O. The quantitative estimate of drug-likeness (QED) is 0.811. The summed E-state index contributed by atoms with van der Waals surface area (Å²) in [5, 5.41) is 12.0. The molecule has 7 nitrogen and oxygen atoms in total. The Bertz CT molecular complexity index is 766. The lowest BCUT2D eigenvalue weighted by Crippen LogP contribution is -2.47. The smallest absolute Gasteiger partial charge is 0.331 e. The van der Waals surface area contributed by atoms with Crippen LogP contribution in [-0.4, -0.2) is 21.1 Å². The minimum absolute atomic E-state index is 0.125. The number of amides is 1. The third-order valence-electron chi connectivity index (χ3n) is 4.59. The van der Waals surface area contributed by atoms with Gasteiger partial charge in [-0.1, -0.05) is 0 Å². The number of carbonyl (C=O) groups is 1. The van der Waals surface area contributed by atoms with Crippen molar-refractivity contribution < 1.29 is 4.79 Å². The van der Waals surface area contributed by atoms with Gasteiger partial charge in [-0.25, -0.2) is 9.36 Å². The molecular weight excluding hydrogens is 296 g/mol. The van der Waals surface area contributed by atoms with E-state index in [4.69, 9.17) is 5.26 Å². The summed E-state index contributed by atoms with van der Waals surface area (Å²) in [5.41, 5.74) is -1.38. The standard InChI is InChI=1S/C16H20N4O3/c1-2-19-8-12(7-17)15(22)20(16(19)23)9-13(21)18-14(10-3-4-10)11-5-6-11/h8,10-11,14H,2-6,9H2,1H3,(H,18,21). The summed E-state index contributed by atoms with van der Waals surface area (Å²) < 4.78 is 2.13. The van der Waals surface area contributed by atoms with E-state index in [-0.39, 0.29) is 24.1 Å². The molecule has 2 aliphatic rings. The second-order valence-electron chi connectivity index (χ2n) is 6.38. The Morgan fingerprint density at radius 1 is 1.35 bits per heavy atom. The van der Waals surface area contributed by atoms with Crippen molar-refractivity contribution >= 4 is 5.91 Å². The van der Waals surface area contributed by atoms with Crippen LogP contribution in [0.1, 0.15) is 38.2 Å². The van der Waals surface area contributed by atoms with Crippen molar-refractivity contribution in [3.05, 3.63) is 32.6 Å². The molecule has 0 unspecified atom stereocenters. The third-order valence-corrected chi connectivity index (χ3v) is 4.59. The van der Waals surface area contributed by atoms with Gasteiger partial charge in [-0.3, -0.25) is 14.2 Å². The van der Waals surface area contributed by atoms with E-state index < -0.39 is 11.2 Å². The summed E-state index contributed by atoms with van der Waals surface area (Å²) >= 11 is 0. The Balaban J connectivity index is 1.81. The van der Waals surface area contributed by atoms with E-state index in [0.717, 1.165) is 30.3 Å². The van der Waals surface area contributed by atoms with Gasteiger partial charge in [0.25, 0.3) is 5.56 Å². The van der Waals surface area contributed by atoms with Gasteiger partial charge in [-0.15, -0.1) is 0 Å². The van der Waals surface area contributed by atoms with E-state index >= 15 is 0 Å². The van der Waals surface area contributed by atoms with Crippen LogP contribution in [0, 0.1) is 23.2 Å². The van der Waals surface area contributed by atoms with Gasteiger partial charge in [-0.2, -0.15) is 5.26 Å². The van der Waals surface area contributed by atoms with Crippen LogP contribution in [0.15, 0.2) is 15.8 Å². The summed E-state index contributed by atoms with van der Waals surface area (Å²) in [4.78, 5) is 36.7. The molecule has 1 aromatic heterocycles. The van der Waals surface area contributed by atoms with Gasteiger partial charge in [0.2, 0.25) is 5.91 Å². The minimum atomic E-state index is -0.702. The van der Waals surface area contributed by atoms with E-state index in [9.17, 15) is 14.4 Å². The number of nitrogens with one attached hydrogen (secondary N) is 1. The molecule has 2 aliphatic carbocycles. The van der Waals surface area contributed by atoms with Crippen LogP contribution in [-0.2, 0) is 17.9 Å². The number of nitrogens with zero attached hydrogens (tertiary/aromatic N) is 3. The number of nitriles is 1. The van der Waals surface area contributed by atoms with Gasteiger partial charge >= 0.3 is 5.69 Å². The van der Waals surface area contributed by atoms with Crippen LogP contribution < -0.4 is 16.6 Å². The zero-order valence-electron chi connectivity index (χ0n) is 13.1. The molecule has 0 bridgehead atoms. The molecule has 0 atom stereocenters. The maximum absolute atomic E-state index is 12.3. The number of carbonyl (C=O) groups excluding carboxylic acids is 1. The predicted octanol–water partition coefficient (Wildman–Crippen LogP) is 0.206. The van der Waals surface area contributed by atoms with Crippen molar-refractivity contribution in [1.29, 1.82) is 5.26 Å². The molecule has 2 saturated carbocycles. The van der Waals surface area contributed by atoms with Crippen molar-refractivity contribution in [1.82, 2.24) is 14.5 Å². The average Bonchev–Trinajstić information content (AvgIpc) is 3.41. The van der Waals surface area contributed by atoms with Gasteiger partial charge in [0.1, 0.15) is 18.2 Å². The molecule has 122 valence electrons. The van der Waals surface area contributed by atoms with E-state index in [1.165, 1.54) is 10.8 Å². The Labute approximate surface area is 133 Å². The Morgan fingerprint density at radius 2 is 1.96 bits per heavy atom. The summed E-state index contributed by atoms with van der Waals surface area (Å²) in [6.45, 7) is 1.75. The van der Waals surface area contributed by atoms with Crippen LogP contribution in [0.4, 0.5) is 0 Å². The van der Waals surface area contributed by atoms with Crippen molar-refractivity contribution in [2.45, 2.75) is 51.7 Å². The molecule has 1 amide bonds. The number of hydrogen-bond acceptors (Lipinski definition) is 4. The number of hydrogen-bond donors (Lipinski definition) is 1. The molecule has 0 aromatic carbocycles. The lowest BCUT2D eigenvalue weighted by molar-refractivity contribution is -0.122. The highest BCUT2D eigenvalue weighted by Crippen LogP contribution is 2.44. The molecule has 23 heavy (non-hydrogen) atoms. The van der Waals surface area contributed by atoms with E-state index in [0.29, 0.717) is 18.4 Å². The second kappa shape index (κ2) is 6.03. The lowest BCUT2D eigenvalue weighted by atomic mass is 10.1. The maximum atomic E-state index is 12.3. The fraction of sp³-hybridized carbons (Fsp3) is 0.625. The van der Waals surface area contributed by atoms with Gasteiger partial charge in [-0.05, 0) is 44.4 Å². The fourth-order valence-corrected chi connectivity index (χ4v) is 3.00. The molecular formula is C16H20N4O3. The number of rotatable bonds is 6. The molecule has 0 saturated heterocycles. The van der Waals surface area contributed by atoms with Crippen molar-refractivity contribution in [2.24, 2.45) is 11.8 Å². The van der Waals surface area contributed by atoms with E-state index in [2.05, 4.69) is 5.32 Å². The summed E-state index contributed by atoms with van der Waals surface area (Å²) in [6.07, 6.45) is 5.78. The first-order valence-corrected chi connectivity index (χ1v) is 8.09. The predicted molar refractivity (Wildman–Crippen MR) is 82.7 cm³/mol. The normalized spacial score (nSPS) is 17.1. The molecule has 0 spiro atoms. The molecule has 1 heterocycles. The fourth-order valence-electron chi connectivity index (χ4n) is 3.00. The largest absolute Gasteiger partial charge is 0.351 e. The molecule has 0 radical (unpaired) electrons. The summed E-state index contributed by atoms with van der Waals surface area (Å²) in [6, 6.07) is 1.96. The van der Waals surface area contributed by atoms with Crippen molar-refractivity contribution in [2.75, 3.05) is 0 Å². The molecule has 1 aromatic rings. The monoisotopic (exact) mass is 316 g/mol. The number of aromatic nitrogens is 2. The molecule has 2 fully saturated rings. The first-order chi connectivity index (χ1) is 11.0. The van der Waals surface area contributed by atoms with Gasteiger partial charge in [0.05, 0.1) is 0 Å². The van der Waals surface area contributed by atoms with Crippen LogP contribution in [0.5, 0.6) is 0 Å². The topological polar surface area (TPSA) is 96.9 Å². The third kappa shape index (κ3) is 3.21. The second-order valence-corrected chi connectivity index (χ2v) is 6.38. The minimum Gasteiger partial charge on any atom is -0.351 e. The van der Waals surface area contributed by atoms with Crippen molar-refractivity contribution in [3.63, 3.8) is 0 Å². The Morgan fingerprint density at radius 3 is 2.43 bits per heavy atom. The Kier molecular flexibility index (Phi) is 4.07. The van der Waals surface area contributed by atoms with Crippen LogP contribution in [0.2, 0.25) is 0 Å². The summed E-state index contributed by atoms with van der Waals surface area (Å²) in [5.74, 6) is 0.757. The highest BCUT2D eigenvalue weighted by atomic mass is 16.2. The van der Waals surface area contributed by atoms with E-state index in [1.54, 1.807) is 13.0 Å².